The smallest absolute Gasteiger partial charge is 0.142 e. The molecule has 0 radical (unpaired) electrons. The molecule has 0 saturated carbocycles. The fraction of sp³-hybridized carbons (Fsp3) is 0. The molecule has 70 valence electrons. The second-order valence-corrected chi connectivity index (χ2v) is 2.94. The van der Waals surface area contributed by atoms with Crippen LogP contribution in [0.15, 0.2) is 41.0 Å². The average Bonchev–Trinajstić information content (AvgIpc) is 2.73. The molecule has 2 rings (SSSR count). The quantitative estimate of drug-likeness (QED) is 0.655. The highest BCUT2D eigenvalue weighted by molar-refractivity contribution is 5.94. The second-order valence-electron chi connectivity index (χ2n) is 2.94. The van der Waals surface area contributed by atoms with Gasteiger partial charge in [-0.25, -0.2) is 0 Å². The van der Waals surface area contributed by atoms with E-state index in [2.05, 4.69) is 0 Å². The SMILES string of the molecule is N#C/C=C(\C#N)c1cccc2ccoc12. The summed E-state index contributed by atoms with van der Waals surface area (Å²) in [6.45, 7) is 0. The number of hydrogen-bond acceptors (Lipinski definition) is 3. The molecular formula is C12H6N2O. The third-order valence-corrected chi connectivity index (χ3v) is 2.10. The Labute approximate surface area is 86.5 Å². The first kappa shape index (κ1) is 9.05. The molecule has 2 aromatic rings. The maximum absolute atomic E-state index is 8.90. The number of para-hydroxylation sites is 1. The molecule has 0 unspecified atom stereocenters. The van der Waals surface area contributed by atoms with E-state index in [9.17, 15) is 0 Å². The first-order chi connectivity index (χ1) is 7.36. The maximum atomic E-state index is 8.90. The van der Waals surface area contributed by atoms with Crippen molar-refractivity contribution in [2.75, 3.05) is 0 Å². The summed E-state index contributed by atoms with van der Waals surface area (Å²) < 4.78 is 5.28. The van der Waals surface area contributed by atoms with E-state index < -0.39 is 0 Å². The van der Waals surface area contributed by atoms with Gasteiger partial charge in [0.1, 0.15) is 11.7 Å². The minimum absolute atomic E-state index is 0.318. The third kappa shape index (κ3) is 1.47. The topological polar surface area (TPSA) is 60.7 Å². The maximum Gasteiger partial charge on any atom is 0.142 e. The van der Waals surface area contributed by atoms with Crippen LogP contribution < -0.4 is 0 Å². The van der Waals surface area contributed by atoms with Crippen LogP contribution in [0.25, 0.3) is 16.5 Å². The average molecular weight is 194 g/mol. The Hall–Kier alpha value is -2.52. The number of fused-ring (bicyclic) bond motifs is 1. The van der Waals surface area contributed by atoms with Gasteiger partial charge in [0.2, 0.25) is 0 Å². The molecule has 1 aromatic heterocycles. The Balaban J connectivity index is 2.72. The lowest BCUT2D eigenvalue weighted by atomic mass is 10.0. The molecule has 0 fully saturated rings. The van der Waals surface area contributed by atoms with Crippen LogP contribution in [0.5, 0.6) is 0 Å². The van der Waals surface area contributed by atoms with Gasteiger partial charge in [-0.15, -0.1) is 0 Å². The van der Waals surface area contributed by atoms with Crippen LogP contribution in [0.1, 0.15) is 5.56 Å². The van der Waals surface area contributed by atoms with Crippen LogP contribution in [0.3, 0.4) is 0 Å². The van der Waals surface area contributed by atoms with Gasteiger partial charge < -0.3 is 4.42 Å². The summed E-state index contributed by atoms with van der Waals surface area (Å²) in [5, 5.41) is 18.4. The molecule has 3 nitrogen and oxygen atoms in total. The van der Waals surface area contributed by atoms with Crippen LogP contribution >= 0.6 is 0 Å². The Morgan fingerprint density at radius 2 is 2.13 bits per heavy atom. The zero-order valence-electron chi connectivity index (χ0n) is 7.77. The zero-order valence-corrected chi connectivity index (χ0v) is 7.77. The van der Waals surface area contributed by atoms with E-state index in [1.165, 1.54) is 6.08 Å². The molecule has 0 aliphatic heterocycles. The molecule has 1 heterocycles. The van der Waals surface area contributed by atoms with Crippen molar-refractivity contribution in [3.63, 3.8) is 0 Å². The molecule has 0 bridgehead atoms. The normalized spacial score (nSPS) is 10.9. The summed E-state index contributed by atoms with van der Waals surface area (Å²) in [5.74, 6) is 0. The van der Waals surface area contributed by atoms with E-state index in [-0.39, 0.29) is 0 Å². The summed E-state index contributed by atoms with van der Waals surface area (Å²) in [6, 6.07) is 11.1. The summed E-state index contributed by atoms with van der Waals surface area (Å²) in [4.78, 5) is 0. The van der Waals surface area contributed by atoms with E-state index in [0.717, 1.165) is 5.39 Å². The largest absolute Gasteiger partial charge is 0.464 e. The molecule has 0 aliphatic rings. The van der Waals surface area contributed by atoms with Crippen molar-refractivity contribution in [2.45, 2.75) is 0 Å². The molecule has 1 aromatic carbocycles. The predicted octanol–water partition coefficient (Wildman–Crippen LogP) is 2.86. The van der Waals surface area contributed by atoms with Gasteiger partial charge in [-0.05, 0) is 12.1 Å². The fourth-order valence-corrected chi connectivity index (χ4v) is 1.44. The first-order valence-electron chi connectivity index (χ1n) is 4.33. The Morgan fingerprint density at radius 3 is 2.87 bits per heavy atom. The predicted molar refractivity (Wildman–Crippen MR) is 55.4 cm³/mol. The lowest BCUT2D eigenvalue weighted by molar-refractivity contribution is 0.615. The van der Waals surface area contributed by atoms with E-state index in [1.54, 1.807) is 12.3 Å². The van der Waals surface area contributed by atoms with Crippen molar-refractivity contribution in [2.24, 2.45) is 0 Å². The van der Waals surface area contributed by atoms with Gasteiger partial charge in [0.25, 0.3) is 0 Å². The lowest BCUT2D eigenvalue weighted by Gasteiger charge is -1.97. The molecule has 0 N–H and O–H groups in total. The van der Waals surface area contributed by atoms with Crippen molar-refractivity contribution in [3.8, 4) is 12.1 Å². The molecule has 3 heteroatoms. The molecule has 0 atom stereocenters. The number of hydrogen-bond donors (Lipinski definition) is 0. The fourth-order valence-electron chi connectivity index (χ4n) is 1.44. The minimum atomic E-state index is 0.318. The molecule has 15 heavy (non-hydrogen) atoms. The van der Waals surface area contributed by atoms with Crippen molar-refractivity contribution in [1.82, 2.24) is 0 Å². The van der Waals surface area contributed by atoms with Crippen molar-refractivity contribution in [1.29, 1.82) is 10.5 Å². The number of benzene rings is 1. The Morgan fingerprint density at radius 1 is 1.27 bits per heavy atom. The van der Waals surface area contributed by atoms with Crippen LogP contribution in [0.4, 0.5) is 0 Å². The highest BCUT2D eigenvalue weighted by Crippen LogP contribution is 2.25. The number of furan rings is 1. The van der Waals surface area contributed by atoms with Crippen LogP contribution in [0, 0.1) is 22.7 Å². The number of nitrogens with zero attached hydrogens (tertiary/aromatic N) is 2. The van der Waals surface area contributed by atoms with Crippen molar-refractivity contribution >= 4 is 16.5 Å². The standard InChI is InChI=1S/C12H6N2O/c13-6-4-10(8-14)11-3-1-2-9-5-7-15-12(9)11/h1-5,7H/b10-4+. The van der Waals surface area contributed by atoms with Crippen LogP contribution in [-0.2, 0) is 0 Å². The molecular weight excluding hydrogens is 188 g/mol. The van der Waals surface area contributed by atoms with Crippen molar-refractivity contribution in [3.05, 3.63) is 42.2 Å². The summed E-state index contributed by atoms with van der Waals surface area (Å²) in [7, 11) is 0. The summed E-state index contributed by atoms with van der Waals surface area (Å²) in [5.41, 5.74) is 1.61. The zero-order chi connectivity index (χ0) is 10.7. The van der Waals surface area contributed by atoms with E-state index in [1.807, 2.05) is 30.3 Å². The second kappa shape index (κ2) is 3.69. The third-order valence-electron chi connectivity index (χ3n) is 2.10. The molecule has 0 amide bonds. The lowest BCUT2D eigenvalue weighted by Crippen LogP contribution is -1.81. The van der Waals surface area contributed by atoms with Gasteiger partial charge in [0.05, 0.1) is 17.9 Å². The molecule has 0 aliphatic carbocycles. The first-order valence-corrected chi connectivity index (χ1v) is 4.33. The monoisotopic (exact) mass is 194 g/mol. The number of allylic oxidation sites excluding steroid dienone is 2. The van der Waals surface area contributed by atoms with E-state index in [0.29, 0.717) is 16.7 Å². The van der Waals surface area contributed by atoms with Gasteiger partial charge in [0, 0.05) is 17.0 Å². The number of rotatable bonds is 1. The highest BCUT2D eigenvalue weighted by atomic mass is 16.3. The molecule has 0 spiro atoms. The summed E-state index contributed by atoms with van der Waals surface area (Å²) >= 11 is 0. The Kier molecular flexibility index (Phi) is 2.23. The van der Waals surface area contributed by atoms with Gasteiger partial charge in [0.15, 0.2) is 0 Å². The van der Waals surface area contributed by atoms with E-state index in [4.69, 9.17) is 14.9 Å². The molecule has 0 saturated heterocycles. The summed E-state index contributed by atoms with van der Waals surface area (Å²) in [6.07, 6.45) is 2.78. The Bertz CT molecular complexity index is 608. The van der Waals surface area contributed by atoms with Crippen molar-refractivity contribution < 1.29 is 4.42 Å². The minimum Gasteiger partial charge on any atom is -0.464 e. The highest BCUT2D eigenvalue weighted by Gasteiger charge is 2.07. The van der Waals surface area contributed by atoms with Gasteiger partial charge in [-0.1, -0.05) is 12.1 Å². The van der Waals surface area contributed by atoms with Crippen LogP contribution in [-0.4, -0.2) is 0 Å². The number of nitriles is 2. The van der Waals surface area contributed by atoms with E-state index >= 15 is 0 Å². The van der Waals surface area contributed by atoms with Crippen LogP contribution in [0.2, 0.25) is 0 Å². The van der Waals surface area contributed by atoms with Gasteiger partial charge >= 0.3 is 0 Å². The van der Waals surface area contributed by atoms with Gasteiger partial charge in [-0.3, -0.25) is 0 Å². The van der Waals surface area contributed by atoms with Gasteiger partial charge in [-0.2, -0.15) is 10.5 Å².